The Balaban J connectivity index is 4.23. The van der Waals surface area contributed by atoms with Gasteiger partial charge < -0.3 is 0 Å². The lowest BCUT2D eigenvalue weighted by Gasteiger charge is -1.76. The summed E-state index contributed by atoms with van der Waals surface area (Å²) < 4.78 is 39.8. The van der Waals surface area contributed by atoms with Gasteiger partial charge in [0.05, 0.1) is 0 Å². The maximum atomic E-state index is 6.63. The molecule has 0 spiro atoms. The van der Waals surface area contributed by atoms with Gasteiger partial charge >= 0.3 is 0 Å². The number of rotatable bonds is 0. The van der Waals surface area contributed by atoms with Crippen LogP contribution in [0.15, 0.2) is 0 Å². The molecule has 0 atom stereocenters. The molecule has 0 aromatic rings. The van der Waals surface area contributed by atoms with E-state index in [4.69, 9.17) is 19.8 Å². The molecule has 0 aliphatic rings. The van der Waals surface area contributed by atoms with Crippen molar-refractivity contribution in [2.45, 2.75) is 19.1 Å². The monoisotopic (exact) mass is 84.1 g/mol. The van der Waals surface area contributed by atoms with Crippen LogP contribution in [0.4, 0.5) is 0 Å². The zero-order chi connectivity index (χ0) is 8.58. The average Bonchev–Trinajstić information content (AvgIpc) is 1.59. The molecule has 0 unspecified atom stereocenters. The van der Waals surface area contributed by atoms with Gasteiger partial charge in [0.2, 0.25) is 0 Å². The van der Waals surface area contributed by atoms with Gasteiger partial charge in [-0.25, -0.2) is 0 Å². The fourth-order valence-electron chi connectivity index (χ4n) is 0. The molecule has 0 heterocycles. The minimum Gasteiger partial charge on any atom is -0.124 e. The zero-order valence-corrected chi connectivity index (χ0v) is 2.71. The van der Waals surface area contributed by atoms with Crippen molar-refractivity contribution >= 4 is 11.6 Å². The second kappa shape index (κ2) is 1.59. The highest BCUT2D eigenvalue weighted by Crippen LogP contribution is 1.84. The molecule has 0 rings (SSSR count). The van der Waals surface area contributed by atoms with E-state index in [1.807, 2.05) is 0 Å². The Labute approximate surface area is 40.2 Å². The van der Waals surface area contributed by atoms with E-state index in [9.17, 15) is 0 Å². The fourth-order valence-corrected chi connectivity index (χ4v) is 0. The Hall–Kier alpha value is 0.290. The molecule has 0 saturated carbocycles. The van der Waals surface area contributed by atoms with Crippen LogP contribution in [0.25, 0.3) is 0 Å². The van der Waals surface area contributed by atoms with Crippen LogP contribution in [0.5, 0.6) is 0 Å². The highest BCUT2D eigenvalue weighted by Gasteiger charge is 1.71. The SMILES string of the molecule is [2H]C([2H])([2H])C(Cl)C([2H])([2H])[2H]. The number of alkyl halides is 1. The molecule has 0 nitrogen and oxygen atoms in total. The van der Waals surface area contributed by atoms with Crippen LogP contribution < -0.4 is 0 Å². The van der Waals surface area contributed by atoms with Gasteiger partial charge in [0, 0.05) is 13.6 Å². The van der Waals surface area contributed by atoms with Crippen LogP contribution in [0, 0.1) is 0 Å². The molecule has 1 heteroatoms. The summed E-state index contributed by atoms with van der Waals surface area (Å²) in [5.41, 5.74) is 0. The molecule has 0 aliphatic heterocycles. The molecule has 4 heavy (non-hydrogen) atoms. The minimum atomic E-state index is -2.60. The van der Waals surface area contributed by atoms with Crippen molar-refractivity contribution in [2.24, 2.45) is 0 Å². The third-order valence-corrected chi connectivity index (χ3v) is 0. The van der Waals surface area contributed by atoms with E-state index in [1.54, 1.807) is 0 Å². The highest BCUT2D eigenvalue weighted by atomic mass is 35.5. The maximum absolute atomic E-state index is 6.63. The van der Waals surface area contributed by atoms with Gasteiger partial charge in [0.1, 0.15) is 0 Å². The number of halogens is 1. The molecule has 0 saturated heterocycles. The fraction of sp³-hybridized carbons (Fsp3) is 1.00. The van der Waals surface area contributed by atoms with Gasteiger partial charge in [-0.2, -0.15) is 0 Å². The maximum Gasteiger partial charge on any atom is 0.0279 e. The van der Waals surface area contributed by atoms with Gasteiger partial charge in [-0.3, -0.25) is 0 Å². The van der Waals surface area contributed by atoms with Crippen LogP contribution in [0.1, 0.15) is 21.9 Å². The molecular weight excluding hydrogens is 71.5 g/mol. The normalized spacial score (nSPS) is 37.5. The van der Waals surface area contributed by atoms with E-state index < -0.39 is 19.1 Å². The van der Waals surface area contributed by atoms with E-state index in [1.165, 1.54) is 0 Å². The van der Waals surface area contributed by atoms with Crippen molar-refractivity contribution in [3.8, 4) is 0 Å². The first-order valence-corrected chi connectivity index (χ1v) is 1.23. The van der Waals surface area contributed by atoms with E-state index >= 15 is 0 Å². The summed E-state index contributed by atoms with van der Waals surface area (Å²) in [4.78, 5) is 0. The van der Waals surface area contributed by atoms with Crippen LogP contribution in [0.2, 0.25) is 0 Å². The van der Waals surface area contributed by atoms with Crippen LogP contribution in [0.3, 0.4) is 0 Å². The molecular formula is C3H7Cl. The lowest BCUT2D eigenvalue weighted by molar-refractivity contribution is 1.10. The smallest absolute Gasteiger partial charge is 0.0279 e. The first-order chi connectivity index (χ1) is 4.15. The summed E-state index contributed by atoms with van der Waals surface area (Å²) in [6.07, 6.45) is 0. The minimum absolute atomic E-state index is 1.76. The van der Waals surface area contributed by atoms with Gasteiger partial charge in [-0.15, -0.1) is 11.6 Å². The van der Waals surface area contributed by atoms with Crippen molar-refractivity contribution in [3.63, 3.8) is 0 Å². The van der Waals surface area contributed by atoms with Crippen LogP contribution >= 0.6 is 11.6 Å². The van der Waals surface area contributed by atoms with Gasteiger partial charge in [0.25, 0.3) is 0 Å². The molecule has 0 amide bonds. The largest absolute Gasteiger partial charge is 0.124 e. The van der Waals surface area contributed by atoms with E-state index in [-0.39, 0.29) is 0 Å². The second-order valence-corrected chi connectivity index (χ2v) is 0.799. The van der Waals surface area contributed by atoms with Crippen molar-refractivity contribution in [2.75, 3.05) is 0 Å². The van der Waals surface area contributed by atoms with Crippen LogP contribution in [-0.4, -0.2) is 5.38 Å². The van der Waals surface area contributed by atoms with E-state index in [0.717, 1.165) is 0 Å². The predicted molar refractivity (Wildman–Crippen MR) is 21.0 cm³/mol. The molecule has 0 aliphatic carbocycles. The lowest BCUT2D eigenvalue weighted by atomic mass is 10.6. The molecule has 0 aromatic heterocycles. The van der Waals surface area contributed by atoms with Crippen molar-refractivity contribution in [1.82, 2.24) is 0 Å². The Kier molecular flexibility index (Phi) is 0.214. The third-order valence-electron chi connectivity index (χ3n) is 0. The first kappa shape index (κ1) is 0.538. The Bertz CT molecular complexity index is 97.1. The molecule has 0 N–H and O–H groups in total. The standard InChI is InChI=1S/C3H7Cl/c1-3(2)4/h3H,1-2H3/i1D3,2D3. The number of hydrogen-bond acceptors (Lipinski definition) is 0. The predicted octanol–water partition coefficient (Wildman–Crippen LogP) is 1.63. The van der Waals surface area contributed by atoms with Gasteiger partial charge in [0.15, 0.2) is 0 Å². The zero-order valence-electron chi connectivity index (χ0n) is 7.96. The van der Waals surface area contributed by atoms with E-state index in [0.29, 0.717) is 0 Å². The molecule has 0 aromatic carbocycles. The summed E-state index contributed by atoms with van der Waals surface area (Å²) in [6, 6.07) is 0. The highest BCUT2D eigenvalue weighted by molar-refractivity contribution is 6.20. The molecule has 0 radical (unpaired) electrons. The lowest BCUT2D eigenvalue weighted by Crippen LogP contribution is -1.70. The first-order valence-electron chi connectivity index (χ1n) is 3.80. The summed E-state index contributed by atoms with van der Waals surface area (Å²) in [5.74, 6) is 0. The van der Waals surface area contributed by atoms with E-state index in [2.05, 4.69) is 0 Å². The van der Waals surface area contributed by atoms with Crippen LogP contribution in [-0.2, 0) is 0 Å². The van der Waals surface area contributed by atoms with Crippen molar-refractivity contribution < 1.29 is 8.22 Å². The second-order valence-electron chi connectivity index (χ2n) is 0.363. The third kappa shape index (κ3) is 45.3. The Morgan fingerprint density at radius 3 is 2.50 bits per heavy atom. The quantitative estimate of drug-likeness (QED) is 0.392. The van der Waals surface area contributed by atoms with Crippen molar-refractivity contribution in [1.29, 1.82) is 0 Å². The molecule has 26 valence electrons. The summed E-state index contributed by atoms with van der Waals surface area (Å²) in [5, 5.41) is -1.76. The summed E-state index contributed by atoms with van der Waals surface area (Å²) in [7, 11) is 0. The average molecular weight is 84.6 g/mol. The Morgan fingerprint density at radius 2 is 2.50 bits per heavy atom. The topological polar surface area (TPSA) is 0 Å². The molecule has 0 bridgehead atoms. The summed E-state index contributed by atoms with van der Waals surface area (Å²) in [6.45, 7) is -5.21. The summed E-state index contributed by atoms with van der Waals surface area (Å²) >= 11 is 5.11. The van der Waals surface area contributed by atoms with Gasteiger partial charge in [-0.05, 0) is 13.7 Å². The van der Waals surface area contributed by atoms with Gasteiger partial charge in [-0.1, -0.05) is 0 Å². The molecule has 0 fully saturated rings. The number of hydrogen-bond donors (Lipinski definition) is 0. The Morgan fingerprint density at radius 1 is 2.00 bits per heavy atom. The van der Waals surface area contributed by atoms with Crippen molar-refractivity contribution in [3.05, 3.63) is 0 Å².